The second-order valence-corrected chi connectivity index (χ2v) is 6.92. The van der Waals surface area contributed by atoms with E-state index in [0.29, 0.717) is 12.2 Å². The number of hydrogen-bond donors (Lipinski definition) is 0. The van der Waals surface area contributed by atoms with Gasteiger partial charge in [-0.1, -0.05) is 41.9 Å². The molecule has 0 amide bonds. The van der Waals surface area contributed by atoms with Crippen molar-refractivity contribution in [2.24, 2.45) is 4.99 Å². The summed E-state index contributed by atoms with van der Waals surface area (Å²) in [7, 11) is 0. The molecule has 28 heavy (non-hydrogen) atoms. The Kier molecular flexibility index (Phi) is 4.85. The summed E-state index contributed by atoms with van der Waals surface area (Å²) in [5.74, 6) is 0.720. The van der Waals surface area contributed by atoms with Crippen LogP contribution in [-0.4, -0.2) is 5.71 Å². The van der Waals surface area contributed by atoms with Gasteiger partial charge in [-0.2, -0.15) is 13.2 Å². The zero-order valence-corrected chi connectivity index (χ0v) is 15.4. The molecule has 2 aromatic carbocycles. The molecule has 4 rings (SSSR count). The van der Waals surface area contributed by atoms with Crippen molar-refractivity contribution in [3.63, 3.8) is 0 Å². The normalized spacial score (nSPS) is 16.0. The summed E-state index contributed by atoms with van der Waals surface area (Å²) in [6, 6.07) is 13.1. The smallest absolute Gasteiger partial charge is 0.416 e. The molecule has 0 unspecified atom stereocenters. The van der Waals surface area contributed by atoms with Crippen LogP contribution < -0.4 is 4.74 Å². The van der Waals surface area contributed by atoms with Crippen LogP contribution in [0.4, 0.5) is 13.2 Å². The van der Waals surface area contributed by atoms with Gasteiger partial charge in [-0.15, -0.1) is 0 Å². The van der Waals surface area contributed by atoms with Gasteiger partial charge < -0.3 is 4.74 Å². The number of alkyl halides is 3. The topological polar surface area (TPSA) is 21.6 Å². The van der Waals surface area contributed by atoms with Crippen molar-refractivity contribution < 1.29 is 17.9 Å². The maximum absolute atomic E-state index is 12.8. The number of halogens is 4. The monoisotopic (exact) mass is 401 g/mol. The Hall–Kier alpha value is -2.79. The van der Waals surface area contributed by atoms with E-state index in [1.807, 2.05) is 36.4 Å². The molecule has 0 fully saturated rings. The Labute approximate surface area is 165 Å². The van der Waals surface area contributed by atoms with Gasteiger partial charge in [0.2, 0.25) is 0 Å². The first-order chi connectivity index (χ1) is 13.4. The summed E-state index contributed by atoms with van der Waals surface area (Å²) < 4.78 is 44.0. The third-order valence-electron chi connectivity index (χ3n) is 4.44. The van der Waals surface area contributed by atoms with E-state index in [9.17, 15) is 13.2 Å². The van der Waals surface area contributed by atoms with E-state index < -0.39 is 11.7 Å². The largest absolute Gasteiger partial charge is 0.456 e. The van der Waals surface area contributed by atoms with Crippen LogP contribution in [0.15, 0.2) is 88.8 Å². The molecule has 1 heterocycles. The number of rotatable bonds is 4. The van der Waals surface area contributed by atoms with Crippen LogP contribution in [0.25, 0.3) is 0 Å². The average molecular weight is 402 g/mol. The van der Waals surface area contributed by atoms with Gasteiger partial charge in [0.05, 0.1) is 16.3 Å². The van der Waals surface area contributed by atoms with Crippen molar-refractivity contribution in [3.05, 3.63) is 99.9 Å². The Morgan fingerprint density at radius 3 is 2.54 bits per heavy atom. The van der Waals surface area contributed by atoms with E-state index in [1.54, 1.807) is 0 Å². The van der Waals surface area contributed by atoms with Crippen molar-refractivity contribution in [1.29, 1.82) is 0 Å². The first kappa shape index (κ1) is 18.6. The SMILES string of the molecule is FC(F)(F)c1ccc(OC2=CCC3=NC(Cc4ccccc4)=CC3=C2)c(Cl)c1. The molecule has 0 atom stereocenters. The lowest BCUT2D eigenvalue weighted by Gasteiger charge is -2.14. The summed E-state index contributed by atoms with van der Waals surface area (Å²) in [5, 5.41) is -0.0830. The molecule has 0 radical (unpaired) electrons. The number of allylic oxidation sites excluding steroid dienone is 5. The Morgan fingerprint density at radius 1 is 1.04 bits per heavy atom. The van der Waals surface area contributed by atoms with Gasteiger partial charge in [0.15, 0.2) is 0 Å². The van der Waals surface area contributed by atoms with Crippen LogP contribution in [0.2, 0.25) is 5.02 Å². The van der Waals surface area contributed by atoms with Gasteiger partial charge in [0, 0.05) is 24.1 Å². The molecule has 2 nitrogen and oxygen atoms in total. The number of fused-ring (bicyclic) bond motifs is 1. The third kappa shape index (κ3) is 4.04. The zero-order chi connectivity index (χ0) is 19.7. The molecule has 0 bridgehead atoms. The van der Waals surface area contributed by atoms with Crippen LogP contribution >= 0.6 is 11.6 Å². The predicted octanol–water partition coefficient (Wildman–Crippen LogP) is 6.53. The first-order valence-electron chi connectivity index (χ1n) is 8.67. The molecular weight excluding hydrogens is 387 g/mol. The summed E-state index contributed by atoms with van der Waals surface area (Å²) in [6.07, 6.45) is 2.57. The molecular formula is C22H15ClF3NO. The minimum absolute atomic E-state index is 0.0830. The summed E-state index contributed by atoms with van der Waals surface area (Å²) in [5.41, 5.74) is 3.25. The first-order valence-corrected chi connectivity index (χ1v) is 9.05. The highest BCUT2D eigenvalue weighted by atomic mass is 35.5. The second-order valence-electron chi connectivity index (χ2n) is 6.51. The van der Waals surface area contributed by atoms with Crippen molar-refractivity contribution in [2.45, 2.75) is 19.0 Å². The van der Waals surface area contributed by atoms with Crippen molar-refractivity contribution in [3.8, 4) is 5.75 Å². The van der Waals surface area contributed by atoms with Crippen molar-refractivity contribution in [2.75, 3.05) is 0 Å². The Morgan fingerprint density at radius 2 is 1.82 bits per heavy atom. The molecule has 0 spiro atoms. The maximum atomic E-state index is 12.8. The fraction of sp³-hybridized carbons (Fsp3) is 0.136. The van der Waals surface area contributed by atoms with Crippen LogP contribution in [0, 0.1) is 0 Å². The van der Waals surface area contributed by atoms with E-state index in [4.69, 9.17) is 16.3 Å². The summed E-state index contributed by atoms with van der Waals surface area (Å²) in [6.45, 7) is 0. The van der Waals surface area contributed by atoms with Gasteiger partial charge in [0.1, 0.15) is 11.5 Å². The van der Waals surface area contributed by atoms with Crippen LogP contribution in [0.1, 0.15) is 17.5 Å². The lowest BCUT2D eigenvalue weighted by molar-refractivity contribution is -0.137. The number of nitrogens with zero attached hydrogens (tertiary/aromatic N) is 1. The van der Waals surface area contributed by atoms with E-state index in [2.05, 4.69) is 17.1 Å². The van der Waals surface area contributed by atoms with Gasteiger partial charge >= 0.3 is 6.18 Å². The van der Waals surface area contributed by atoms with E-state index >= 15 is 0 Å². The molecule has 1 aliphatic heterocycles. The van der Waals surface area contributed by atoms with E-state index in [1.165, 1.54) is 11.6 Å². The molecule has 6 heteroatoms. The van der Waals surface area contributed by atoms with Gasteiger partial charge in [-0.3, -0.25) is 4.99 Å². The van der Waals surface area contributed by atoms with Crippen molar-refractivity contribution >= 4 is 17.3 Å². The second kappa shape index (κ2) is 7.32. The Balaban J connectivity index is 1.49. The average Bonchev–Trinajstić information content (AvgIpc) is 3.05. The van der Waals surface area contributed by atoms with Gasteiger partial charge in [0.25, 0.3) is 0 Å². The number of aliphatic imine (C=N–C) groups is 1. The predicted molar refractivity (Wildman–Crippen MR) is 104 cm³/mol. The highest BCUT2D eigenvalue weighted by molar-refractivity contribution is 6.32. The molecule has 2 aliphatic rings. The van der Waals surface area contributed by atoms with E-state index in [0.717, 1.165) is 35.5 Å². The van der Waals surface area contributed by atoms with Crippen molar-refractivity contribution in [1.82, 2.24) is 0 Å². The Bertz CT molecular complexity index is 1030. The quantitative estimate of drug-likeness (QED) is 0.570. The zero-order valence-electron chi connectivity index (χ0n) is 14.6. The number of hydrogen-bond acceptors (Lipinski definition) is 2. The fourth-order valence-corrected chi connectivity index (χ4v) is 3.30. The van der Waals surface area contributed by atoms with Gasteiger partial charge in [-0.25, -0.2) is 0 Å². The molecule has 142 valence electrons. The highest BCUT2D eigenvalue weighted by Crippen LogP contribution is 2.36. The number of ether oxygens (including phenoxy) is 1. The number of benzene rings is 2. The van der Waals surface area contributed by atoms with Crippen LogP contribution in [0.5, 0.6) is 5.75 Å². The fourth-order valence-electron chi connectivity index (χ4n) is 3.08. The van der Waals surface area contributed by atoms with E-state index in [-0.39, 0.29) is 10.8 Å². The lowest BCUT2D eigenvalue weighted by atomic mass is 10.0. The summed E-state index contributed by atoms with van der Waals surface area (Å²) >= 11 is 5.97. The lowest BCUT2D eigenvalue weighted by Crippen LogP contribution is -2.07. The molecule has 0 aromatic heterocycles. The highest BCUT2D eigenvalue weighted by Gasteiger charge is 2.31. The minimum atomic E-state index is -4.44. The maximum Gasteiger partial charge on any atom is 0.416 e. The van der Waals surface area contributed by atoms with Gasteiger partial charge in [-0.05, 0) is 42.0 Å². The standard InChI is InChI=1S/C22H15ClF3NO/c23-19-13-16(22(24,25)26)6-9-21(19)28-18-7-8-20-15(12-18)11-17(27-20)10-14-4-2-1-3-5-14/h1-7,9,11-13H,8,10H2. The minimum Gasteiger partial charge on any atom is -0.456 e. The summed E-state index contributed by atoms with van der Waals surface area (Å²) in [4.78, 5) is 4.66. The third-order valence-corrected chi connectivity index (χ3v) is 4.74. The molecule has 0 N–H and O–H groups in total. The van der Waals surface area contributed by atoms with Crippen LogP contribution in [-0.2, 0) is 12.6 Å². The van der Waals surface area contributed by atoms with Crippen LogP contribution in [0.3, 0.4) is 0 Å². The molecule has 1 aliphatic carbocycles. The molecule has 0 saturated heterocycles. The molecule has 0 saturated carbocycles. The molecule has 2 aromatic rings.